The van der Waals surface area contributed by atoms with Crippen molar-refractivity contribution in [2.75, 3.05) is 31.3 Å². The Labute approximate surface area is 201 Å². The van der Waals surface area contributed by atoms with Gasteiger partial charge in [0.2, 0.25) is 5.91 Å². The molecule has 9 heteroatoms. The second kappa shape index (κ2) is 11.5. The molecule has 1 fully saturated rings. The van der Waals surface area contributed by atoms with Crippen molar-refractivity contribution < 1.29 is 13.2 Å². The average molecular weight is 556 g/mol. The second-order valence-corrected chi connectivity index (χ2v) is 9.35. The van der Waals surface area contributed by atoms with Crippen LogP contribution in [0.1, 0.15) is 24.0 Å². The lowest BCUT2D eigenvalue weighted by Crippen LogP contribution is -2.37. The van der Waals surface area contributed by atoms with Crippen molar-refractivity contribution in [3.05, 3.63) is 59.7 Å². The zero-order chi connectivity index (χ0) is 21.6. The van der Waals surface area contributed by atoms with Crippen molar-refractivity contribution >= 4 is 51.4 Å². The van der Waals surface area contributed by atoms with Gasteiger partial charge in [-0.25, -0.2) is 8.42 Å². The molecule has 0 spiro atoms. The predicted molar refractivity (Wildman–Crippen MR) is 135 cm³/mol. The lowest BCUT2D eigenvalue weighted by atomic mass is 10.1. The van der Waals surface area contributed by atoms with Crippen LogP contribution in [0.2, 0.25) is 0 Å². The van der Waals surface area contributed by atoms with Gasteiger partial charge in [0.1, 0.15) is 0 Å². The highest BCUT2D eigenvalue weighted by molar-refractivity contribution is 14.0. The quantitative estimate of drug-likeness (QED) is 0.311. The number of amides is 1. The highest BCUT2D eigenvalue weighted by atomic mass is 127. The Hall–Kier alpha value is -2.14. The first-order valence-electron chi connectivity index (χ1n) is 9.99. The van der Waals surface area contributed by atoms with Gasteiger partial charge in [-0.2, -0.15) is 0 Å². The number of benzene rings is 2. The van der Waals surface area contributed by atoms with Crippen molar-refractivity contribution in [2.24, 2.45) is 4.99 Å². The third-order valence-corrected chi connectivity index (χ3v) is 6.19. The number of anilines is 1. The van der Waals surface area contributed by atoms with Crippen LogP contribution in [0.25, 0.3) is 0 Å². The summed E-state index contributed by atoms with van der Waals surface area (Å²) in [6, 6.07) is 14.9. The van der Waals surface area contributed by atoms with E-state index < -0.39 is 9.84 Å². The SMILES string of the molecule is CN=C(NCCc1ccc(S(C)(=O)=O)cc1)NCc1ccc(N2CCCC2=O)cc1.I. The molecule has 1 aliphatic rings. The predicted octanol–water partition coefficient (Wildman–Crippen LogP) is 2.74. The highest BCUT2D eigenvalue weighted by Gasteiger charge is 2.21. The van der Waals surface area contributed by atoms with Gasteiger partial charge in [-0.3, -0.25) is 9.79 Å². The van der Waals surface area contributed by atoms with Gasteiger partial charge in [0.15, 0.2) is 15.8 Å². The minimum atomic E-state index is -3.17. The third-order valence-electron chi connectivity index (χ3n) is 5.06. The molecule has 0 saturated carbocycles. The van der Waals surface area contributed by atoms with Gasteiger partial charge in [0.25, 0.3) is 0 Å². The normalized spacial score (nSPS) is 14.3. The average Bonchev–Trinajstić information content (AvgIpc) is 3.16. The summed E-state index contributed by atoms with van der Waals surface area (Å²) in [5.41, 5.74) is 3.10. The fourth-order valence-electron chi connectivity index (χ4n) is 3.35. The number of rotatable bonds is 7. The van der Waals surface area contributed by atoms with E-state index in [2.05, 4.69) is 15.6 Å². The topological polar surface area (TPSA) is 90.9 Å². The molecule has 0 radical (unpaired) electrons. The van der Waals surface area contributed by atoms with E-state index in [0.717, 1.165) is 36.2 Å². The van der Waals surface area contributed by atoms with Crippen molar-refractivity contribution in [1.82, 2.24) is 10.6 Å². The third kappa shape index (κ3) is 7.20. The zero-order valence-electron chi connectivity index (χ0n) is 17.8. The molecule has 0 aliphatic carbocycles. The van der Waals surface area contributed by atoms with Crippen LogP contribution >= 0.6 is 24.0 Å². The van der Waals surface area contributed by atoms with Crippen molar-refractivity contribution in [3.8, 4) is 0 Å². The number of carbonyl (C=O) groups is 1. The molecule has 168 valence electrons. The summed E-state index contributed by atoms with van der Waals surface area (Å²) >= 11 is 0. The summed E-state index contributed by atoms with van der Waals surface area (Å²) in [7, 11) is -1.45. The van der Waals surface area contributed by atoms with Gasteiger partial charge in [0, 0.05) is 45.0 Å². The Kier molecular flexibility index (Phi) is 9.30. The van der Waals surface area contributed by atoms with Gasteiger partial charge in [-0.1, -0.05) is 24.3 Å². The molecule has 0 bridgehead atoms. The van der Waals surface area contributed by atoms with Gasteiger partial charge in [-0.15, -0.1) is 24.0 Å². The summed E-state index contributed by atoms with van der Waals surface area (Å²) < 4.78 is 23.0. The van der Waals surface area contributed by atoms with Crippen LogP contribution in [-0.2, 0) is 27.6 Å². The van der Waals surface area contributed by atoms with E-state index in [1.54, 1.807) is 19.2 Å². The van der Waals surface area contributed by atoms with Crippen LogP contribution in [-0.4, -0.2) is 46.7 Å². The molecule has 7 nitrogen and oxygen atoms in total. The molecule has 1 aliphatic heterocycles. The molecule has 2 aromatic carbocycles. The number of hydrogen-bond donors (Lipinski definition) is 2. The van der Waals surface area contributed by atoms with Crippen molar-refractivity contribution in [2.45, 2.75) is 30.7 Å². The minimum Gasteiger partial charge on any atom is -0.356 e. The van der Waals surface area contributed by atoms with Gasteiger partial charge in [0.05, 0.1) is 4.90 Å². The smallest absolute Gasteiger partial charge is 0.227 e. The van der Waals surface area contributed by atoms with E-state index in [1.807, 2.05) is 41.3 Å². The Morgan fingerprint density at radius 1 is 1.03 bits per heavy atom. The Bertz CT molecular complexity index is 1010. The van der Waals surface area contributed by atoms with E-state index in [0.29, 0.717) is 30.4 Å². The van der Waals surface area contributed by atoms with Crippen molar-refractivity contribution in [1.29, 1.82) is 0 Å². The molecule has 3 rings (SSSR count). The molecular weight excluding hydrogens is 527 g/mol. The van der Waals surface area contributed by atoms with Crippen LogP contribution in [0.4, 0.5) is 5.69 Å². The molecule has 0 unspecified atom stereocenters. The molecule has 1 saturated heterocycles. The number of sulfone groups is 1. The number of aliphatic imine (C=N–C) groups is 1. The minimum absolute atomic E-state index is 0. The zero-order valence-corrected chi connectivity index (χ0v) is 20.9. The lowest BCUT2D eigenvalue weighted by molar-refractivity contribution is -0.117. The molecule has 2 aromatic rings. The molecule has 1 heterocycles. The number of nitrogens with zero attached hydrogens (tertiary/aromatic N) is 2. The Balaban J connectivity index is 0.00000341. The first kappa shape index (κ1) is 25.1. The molecule has 1 amide bonds. The monoisotopic (exact) mass is 556 g/mol. The number of halogens is 1. The van der Waals surface area contributed by atoms with E-state index in [9.17, 15) is 13.2 Å². The summed E-state index contributed by atoms with van der Waals surface area (Å²) in [6.45, 7) is 2.09. The summed E-state index contributed by atoms with van der Waals surface area (Å²) in [4.78, 5) is 18.2. The van der Waals surface area contributed by atoms with Crippen LogP contribution in [0.5, 0.6) is 0 Å². The van der Waals surface area contributed by atoms with E-state index in [4.69, 9.17) is 0 Å². The number of hydrogen-bond acceptors (Lipinski definition) is 4. The van der Waals surface area contributed by atoms with Gasteiger partial charge >= 0.3 is 0 Å². The van der Waals surface area contributed by atoms with Gasteiger partial charge < -0.3 is 15.5 Å². The molecule has 31 heavy (non-hydrogen) atoms. The fourth-order valence-corrected chi connectivity index (χ4v) is 3.98. The molecule has 0 atom stereocenters. The largest absolute Gasteiger partial charge is 0.356 e. The number of nitrogens with one attached hydrogen (secondary N) is 2. The van der Waals surface area contributed by atoms with Crippen LogP contribution in [0, 0.1) is 0 Å². The maximum Gasteiger partial charge on any atom is 0.227 e. The first-order chi connectivity index (χ1) is 14.4. The summed E-state index contributed by atoms with van der Waals surface area (Å²) in [5, 5.41) is 6.54. The van der Waals surface area contributed by atoms with Crippen molar-refractivity contribution in [3.63, 3.8) is 0 Å². The maximum atomic E-state index is 11.8. The van der Waals surface area contributed by atoms with E-state index in [-0.39, 0.29) is 29.9 Å². The van der Waals surface area contributed by atoms with Crippen LogP contribution in [0.15, 0.2) is 58.4 Å². The first-order valence-corrected chi connectivity index (χ1v) is 11.9. The van der Waals surface area contributed by atoms with Crippen LogP contribution < -0.4 is 15.5 Å². The fraction of sp³-hybridized carbons (Fsp3) is 0.364. The summed E-state index contributed by atoms with van der Waals surface area (Å²) in [5.74, 6) is 0.887. The Morgan fingerprint density at radius 2 is 1.68 bits per heavy atom. The number of guanidine groups is 1. The maximum absolute atomic E-state index is 11.8. The Morgan fingerprint density at radius 3 is 2.23 bits per heavy atom. The van der Waals surface area contributed by atoms with E-state index in [1.165, 1.54) is 6.26 Å². The van der Waals surface area contributed by atoms with E-state index >= 15 is 0 Å². The highest BCUT2D eigenvalue weighted by Crippen LogP contribution is 2.21. The second-order valence-electron chi connectivity index (χ2n) is 7.33. The molecule has 0 aromatic heterocycles. The standard InChI is InChI=1S/C22H28N4O3S.HI/c1-23-22(24-14-13-17-7-11-20(12-8-17)30(2,28)29)25-16-18-5-9-19(10-6-18)26-15-3-4-21(26)27;/h5-12H,3-4,13-16H2,1-2H3,(H2,23,24,25);1H. The lowest BCUT2D eigenvalue weighted by Gasteiger charge is -2.16. The summed E-state index contributed by atoms with van der Waals surface area (Å²) in [6.07, 6.45) is 3.52. The molecular formula is C22H29IN4O3S. The van der Waals surface area contributed by atoms with Crippen LogP contribution in [0.3, 0.4) is 0 Å². The molecule has 2 N–H and O–H groups in total. The van der Waals surface area contributed by atoms with Gasteiger partial charge in [-0.05, 0) is 48.2 Å². The number of carbonyl (C=O) groups excluding carboxylic acids is 1.